The molecule has 11 heteroatoms. The number of fused-ring (bicyclic) bond motifs is 1. The Morgan fingerprint density at radius 1 is 1.24 bits per heavy atom. The van der Waals surface area contributed by atoms with Crippen LogP contribution in [-0.2, 0) is 20.7 Å². The van der Waals surface area contributed by atoms with Gasteiger partial charge < -0.3 is 23.4 Å². The normalized spacial score (nSPS) is 16.5. The Hall–Kier alpha value is -3.02. The molecule has 194 valence electrons. The molecule has 8 nitrogen and oxygen atoms in total. The van der Waals surface area contributed by atoms with E-state index in [1.165, 1.54) is 29.8 Å². The first-order chi connectivity index (χ1) is 18.0. The lowest BCUT2D eigenvalue weighted by atomic mass is 10.1. The molecule has 0 aliphatic carbocycles. The largest absolute Gasteiger partial charge is 0.465 e. The Balaban J connectivity index is 1.45. The lowest BCUT2D eigenvalue weighted by Gasteiger charge is -2.25. The molecular weight excluding hydrogens is 567 g/mol. The number of nitrogens with zero attached hydrogens (tertiary/aromatic N) is 2. The molecule has 0 saturated carbocycles. The lowest BCUT2D eigenvalue weighted by molar-refractivity contribution is -0.151. The predicted molar refractivity (Wildman–Crippen MR) is 138 cm³/mol. The minimum Gasteiger partial charge on any atom is -0.465 e. The number of aromatic nitrogens is 2. The molecule has 0 amide bonds. The predicted octanol–water partition coefficient (Wildman–Crippen LogP) is 6.31. The van der Waals surface area contributed by atoms with Crippen LogP contribution < -0.4 is 9.47 Å². The van der Waals surface area contributed by atoms with E-state index in [2.05, 4.69) is 25.9 Å². The second-order valence-electron chi connectivity index (χ2n) is 8.29. The maximum atomic E-state index is 13.5. The van der Waals surface area contributed by atoms with Crippen molar-refractivity contribution >= 4 is 43.5 Å². The van der Waals surface area contributed by atoms with E-state index in [0.29, 0.717) is 37.7 Å². The lowest BCUT2D eigenvalue weighted by Crippen LogP contribution is -2.32. The Labute approximate surface area is 224 Å². The molecule has 37 heavy (non-hydrogen) atoms. The summed E-state index contributed by atoms with van der Waals surface area (Å²) >= 11 is 4.85. The number of hydrogen-bond acceptors (Lipinski definition) is 9. The van der Waals surface area contributed by atoms with Gasteiger partial charge in [-0.1, -0.05) is 18.2 Å². The van der Waals surface area contributed by atoms with E-state index < -0.39 is 18.1 Å². The molecule has 0 radical (unpaired) electrons. The minimum absolute atomic E-state index is 0.186. The zero-order valence-electron chi connectivity index (χ0n) is 19.9. The third-order valence-electron chi connectivity index (χ3n) is 5.77. The highest BCUT2D eigenvalue weighted by atomic mass is 79.9. The summed E-state index contributed by atoms with van der Waals surface area (Å²) in [6.07, 6.45) is 3.06. The van der Waals surface area contributed by atoms with Crippen LogP contribution in [0.25, 0.3) is 20.9 Å². The van der Waals surface area contributed by atoms with Gasteiger partial charge in [-0.25, -0.2) is 14.8 Å². The van der Waals surface area contributed by atoms with Crippen molar-refractivity contribution < 1.29 is 32.5 Å². The van der Waals surface area contributed by atoms with E-state index >= 15 is 0 Å². The van der Waals surface area contributed by atoms with Gasteiger partial charge in [-0.15, -0.1) is 11.3 Å². The zero-order valence-corrected chi connectivity index (χ0v) is 22.3. The highest BCUT2D eigenvalue weighted by Crippen LogP contribution is 2.45. The molecule has 1 unspecified atom stereocenters. The quantitative estimate of drug-likeness (QED) is 0.209. The fourth-order valence-corrected chi connectivity index (χ4v) is 5.95. The summed E-state index contributed by atoms with van der Waals surface area (Å²) in [6.45, 7) is 2.59. The Kier molecular flexibility index (Phi) is 8.02. The summed E-state index contributed by atoms with van der Waals surface area (Å²) in [5.74, 6) is 0.631. The Morgan fingerprint density at radius 2 is 2.11 bits per heavy atom. The third-order valence-corrected chi connectivity index (χ3v) is 7.94. The maximum absolute atomic E-state index is 13.5. The van der Waals surface area contributed by atoms with Crippen LogP contribution in [0.5, 0.6) is 11.6 Å². The maximum Gasteiger partial charge on any atom is 0.347 e. The molecule has 0 spiro atoms. The van der Waals surface area contributed by atoms with E-state index in [1.54, 1.807) is 6.92 Å². The van der Waals surface area contributed by atoms with Crippen LogP contribution in [0.3, 0.4) is 0 Å². The van der Waals surface area contributed by atoms with Gasteiger partial charge in [0.05, 0.1) is 27.9 Å². The van der Waals surface area contributed by atoms with Crippen molar-refractivity contribution in [2.24, 2.45) is 0 Å². The number of hydrogen-bond donors (Lipinski definition) is 0. The molecule has 2 atom stereocenters. The number of para-hydroxylation sites is 1. The van der Waals surface area contributed by atoms with Gasteiger partial charge in [0.15, 0.2) is 6.29 Å². The SMILES string of the molecule is CCOC(=O)[C@@H](Cc1ccccc1OC1CCCCO1)Oc1ncnc2sc(-c3ccc(F)o3)c(Br)c12. The number of rotatable bonds is 9. The number of esters is 1. The first-order valence-corrected chi connectivity index (χ1v) is 13.5. The van der Waals surface area contributed by atoms with Crippen molar-refractivity contribution in [1.29, 1.82) is 0 Å². The van der Waals surface area contributed by atoms with Gasteiger partial charge in [0.25, 0.3) is 6.01 Å². The van der Waals surface area contributed by atoms with Crippen LogP contribution in [0.15, 0.2) is 51.6 Å². The van der Waals surface area contributed by atoms with Crippen LogP contribution >= 0.6 is 27.3 Å². The summed E-state index contributed by atoms with van der Waals surface area (Å²) in [7, 11) is 0. The fourth-order valence-electron chi connectivity index (χ4n) is 4.03. The van der Waals surface area contributed by atoms with Crippen LogP contribution in [-0.4, -0.2) is 41.5 Å². The molecule has 1 fully saturated rings. The summed E-state index contributed by atoms with van der Waals surface area (Å²) in [5, 5.41) is 0.550. The van der Waals surface area contributed by atoms with Crippen LogP contribution in [0.2, 0.25) is 0 Å². The van der Waals surface area contributed by atoms with Crippen molar-refractivity contribution in [3.63, 3.8) is 0 Å². The van der Waals surface area contributed by atoms with Crippen LogP contribution in [0, 0.1) is 6.01 Å². The van der Waals surface area contributed by atoms with Gasteiger partial charge in [0.2, 0.25) is 12.0 Å². The molecule has 4 heterocycles. The van der Waals surface area contributed by atoms with Crippen molar-refractivity contribution in [2.75, 3.05) is 13.2 Å². The third kappa shape index (κ3) is 5.78. The van der Waals surface area contributed by atoms with Crippen LogP contribution in [0.4, 0.5) is 4.39 Å². The Morgan fingerprint density at radius 3 is 2.86 bits per heavy atom. The molecule has 1 aliphatic rings. The number of carbonyl (C=O) groups is 1. The molecule has 0 N–H and O–H groups in total. The molecule has 1 aliphatic heterocycles. The Bertz CT molecular complexity index is 1390. The zero-order chi connectivity index (χ0) is 25.8. The van der Waals surface area contributed by atoms with Gasteiger partial charge in [-0.2, -0.15) is 4.39 Å². The van der Waals surface area contributed by atoms with E-state index in [0.717, 1.165) is 24.8 Å². The molecule has 1 aromatic carbocycles. The van der Waals surface area contributed by atoms with Gasteiger partial charge in [0, 0.05) is 18.9 Å². The fraction of sp³-hybridized carbons (Fsp3) is 0.346. The smallest absolute Gasteiger partial charge is 0.347 e. The molecular formula is C26H24BrFN2O6S. The number of ether oxygens (including phenoxy) is 4. The number of halogens is 2. The van der Waals surface area contributed by atoms with E-state index in [1.807, 2.05) is 24.3 Å². The molecule has 1 saturated heterocycles. The number of benzene rings is 1. The van der Waals surface area contributed by atoms with Crippen molar-refractivity contribution in [1.82, 2.24) is 9.97 Å². The first kappa shape index (κ1) is 25.6. The van der Waals surface area contributed by atoms with E-state index in [4.69, 9.17) is 23.4 Å². The topological polar surface area (TPSA) is 92.9 Å². The molecule has 3 aromatic heterocycles. The van der Waals surface area contributed by atoms with Gasteiger partial charge in [-0.3, -0.25) is 0 Å². The highest BCUT2D eigenvalue weighted by Gasteiger charge is 2.28. The second kappa shape index (κ2) is 11.6. The molecule has 4 aromatic rings. The van der Waals surface area contributed by atoms with Gasteiger partial charge in [-0.05, 0) is 53.4 Å². The highest BCUT2D eigenvalue weighted by molar-refractivity contribution is 9.10. The number of furan rings is 1. The summed E-state index contributed by atoms with van der Waals surface area (Å²) in [6, 6.07) is 9.56. The van der Waals surface area contributed by atoms with Gasteiger partial charge >= 0.3 is 5.97 Å². The monoisotopic (exact) mass is 590 g/mol. The molecule has 5 rings (SSSR count). The van der Waals surface area contributed by atoms with Crippen LogP contribution in [0.1, 0.15) is 31.7 Å². The van der Waals surface area contributed by atoms with Crippen molar-refractivity contribution in [3.8, 4) is 22.3 Å². The number of carbonyl (C=O) groups excluding carboxylic acids is 1. The van der Waals surface area contributed by atoms with Crippen molar-refractivity contribution in [3.05, 3.63) is 58.8 Å². The standard InChI is InChI=1S/C26H24BrFN2O6S/c1-2-32-26(31)18(13-15-7-3-4-8-16(15)35-20-9-5-6-12-33-20)36-24-21-22(27)23(17-10-11-19(28)34-17)37-25(21)30-14-29-24/h3-4,7-8,10-11,14,18,20H,2,5-6,9,12-13H2,1H3/t18-,20?/m1/s1. The number of thiophene rings is 1. The average Bonchev–Trinajstić information content (AvgIpc) is 3.48. The second-order valence-corrected chi connectivity index (χ2v) is 10.1. The van der Waals surface area contributed by atoms with E-state index in [9.17, 15) is 9.18 Å². The van der Waals surface area contributed by atoms with Crippen molar-refractivity contribution in [2.45, 2.75) is 45.0 Å². The minimum atomic E-state index is -1.01. The summed E-state index contributed by atoms with van der Waals surface area (Å²) in [5.41, 5.74) is 0.774. The van der Waals surface area contributed by atoms with Gasteiger partial charge in [0.1, 0.15) is 22.7 Å². The summed E-state index contributed by atoms with van der Waals surface area (Å²) < 4.78 is 42.6. The van der Waals surface area contributed by atoms with E-state index in [-0.39, 0.29) is 25.2 Å². The average molecular weight is 591 g/mol. The molecule has 0 bridgehead atoms. The first-order valence-electron chi connectivity index (χ1n) is 11.9. The summed E-state index contributed by atoms with van der Waals surface area (Å²) in [4.78, 5) is 22.8.